The molecule has 0 spiro atoms. The summed E-state index contributed by atoms with van der Waals surface area (Å²) in [7, 11) is 0. The summed E-state index contributed by atoms with van der Waals surface area (Å²) in [5.41, 5.74) is 0.911. The first-order chi connectivity index (χ1) is 16.6. The lowest BCUT2D eigenvalue weighted by Crippen LogP contribution is -2.17. The number of esters is 1. The van der Waals surface area contributed by atoms with Crippen LogP contribution in [0.3, 0.4) is 0 Å². The van der Waals surface area contributed by atoms with Crippen molar-refractivity contribution in [2.24, 2.45) is 0 Å². The number of nitrogens with zero attached hydrogens (tertiary/aromatic N) is 3. The van der Waals surface area contributed by atoms with Crippen LogP contribution in [0.5, 0.6) is 0 Å². The summed E-state index contributed by atoms with van der Waals surface area (Å²) in [6, 6.07) is 10.8. The maximum absolute atomic E-state index is 12.5. The predicted octanol–water partition coefficient (Wildman–Crippen LogP) is 4.40. The van der Waals surface area contributed by atoms with Crippen LogP contribution in [0.1, 0.15) is 69.6 Å². The minimum atomic E-state index is -0.557. The van der Waals surface area contributed by atoms with Crippen LogP contribution in [0.2, 0.25) is 0 Å². The van der Waals surface area contributed by atoms with E-state index in [4.69, 9.17) is 9.15 Å². The van der Waals surface area contributed by atoms with E-state index < -0.39 is 5.97 Å². The highest BCUT2D eigenvalue weighted by molar-refractivity contribution is 7.16. The van der Waals surface area contributed by atoms with Crippen LogP contribution in [-0.2, 0) is 11.3 Å². The summed E-state index contributed by atoms with van der Waals surface area (Å²) in [5, 5.41) is 8.10. The maximum Gasteiger partial charge on any atom is 0.338 e. The fourth-order valence-corrected chi connectivity index (χ4v) is 5.06. The van der Waals surface area contributed by atoms with Gasteiger partial charge in [0.15, 0.2) is 5.76 Å². The molecule has 0 radical (unpaired) electrons. The lowest BCUT2D eigenvalue weighted by atomic mass is 9.90. The van der Waals surface area contributed by atoms with Gasteiger partial charge in [-0.1, -0.05) is 30.6 Å². The number of furan rings is 1. The number of fused-ring (bicyclic) bond motifs is 1. The van der Waals surface area contributed by atoms with E-state index >= 15 is 0 Å². The van der Waals surface area contributed by atoms with E-state index in [1.165, 1.54) is 47.4 Å². The van der Waals surface area contributed by atoms with Crippen LogP contribution in [0, 0.1) is 0 Å². The molecular formula is C24H22N4O5S. The average molecular weight is 479 g/mol. The zero-order valence-electron chi connectivity index (χ0n) is 18.2. The van der Waals surface area contributed by atoms with Crippen molar-refractivity contribution in [1.29, 1.82) is 0 Å². The van der Waals surface area contributed by atoms with Crippen molar-refractivity contribution >= 4 is 33.9 Å². The van der Waals surface area contributed by atoms with Crippen LogP contribution in [-0.4, -0.2) is 26.5 Å². The van der Waals surface area contributed by atoms with Crippen molar-refractivity contribution in [3.05, 3.63) is 81.1 Å². The Hall–Kier alpha value is -3.79. The standard InChI is InChI=1S/C24H22N4O5S/c29-20-13-18(26-24-28(20)27-22(34-24)15-5-2-1-3-6-15)14-33-23(31)16-8-10-17(11-9-16)25-21(30)19-7-4-12-32-19/h4,7-13,15H,1-3,5-6,14H2,(H,25,30). The Morgan fingerprint density at radius 2 is 1.94 bits per heavy atom. The molecule has 1 amide bonds. The first-order valence-electron chi connectivity index (χ1n) is 11.1. The second-order valence-corrected chi connectivity index (χ2v) is 9.13. The highest BCUT2D eigenvalue weighted by atomic mass is 32.1. The molecule has 10 heteroatoms. The average Bonchev–Trinajstić information content (AvgIpc) is 3.54. The molecule has 1 fully saturated rings. The lowest BCUT2D eigenvalue weighted by Gasteiger charge is -2.18. The van der Waals surface area contributed by atoms with E-state index in [0.29, 0.717) is 27.8 Å². The van der Waals surface area contributed by atoms with Gasteiger partial charge in [-0.3, -0.25) is 9.59 Å². The van der Waals surface area contributed by atoms with Crippen LogP contribution in [0.25, 0.3) is 4.96 Å². The highest BCUT2D eigenvalue weighted by Crippen LogP contribution is 2.34. The number of nitrogens with one attached hydrogen (secondary N) is 1. The number of ether oxygens (including phenoxy) is 1. The van der Waals surface area contributed by atoms with Gasteiger partial charge in [0.05, 0.1) is 17.5 Å². The molecule has 34 heavy (non-hydrogen) atoms. The largest absolute Gasteiger partial charge is 0.459 e. The Labute approximate surface area is 198 Å². The first kappa shape index (κ1) is 22.0. The molecule has 1 saturated carbocycles. The molecule has 1 aliphatic rings. The van der Waals surface area contributed by atoms with E-state index in [1.54, 1.807) is 36.4 Å². The Morgan fingerprint density at radius 1 is 1.15 bits per heavy atom. The molecule has 0 bridgehead atoms. The predicted molar refractivity (Wildman–Crippen MR) is 125 cm³/mol. The minimum Gasteiger partial charge on any atom is -0.459 e. The molecule has 4 aromatic rings. The molecule has 0 atom stereocenters. The molecule has 1 aromatic carbocycles. The topological polar surface area (TPSA) is 116 Å². The third-order valence-electron chi connectivity index (χ3n) is 5.74. The Bertz CT molecular complexity index is 1370. The SMILES string of the molecule is O=C(OCc1cc(=O)n2nc(C3CCCCC3)sc2n1)c1ccc(NC(=O)c2ccco2)cc1. The minimum absolute atomic E-state index is 0.127. The van der Waals surface area contributed by atoms with E-state index in [2.05, 4.69) is 15.4 Å². The fraction of sp³-hybridized carbons (Fsp3) is 0.292. The number of amides is 1. The molecule has 174 valence electrons. The molecule has 9 nitrogen and oxygen atoms in total. The van der Waals surface area contributed by atoms with Gasteiger partial charge in [-0.15, -0.1) is 0 Å². The molecule has 1 N–H and O–H groups in total. The van der Waals surface area contributed by atoms with Crippen molar-refractivity contribution in [3.8, 4) is 0 Å². The van der Waals surface area contributed by atoms with Gasteiger partial charge < -0.3 is 14.5 Å². The van der Waals surface area contributed by atoms with E-state index in [9.17, 15) is 14.4 Å². The van der Waals surface area contributed by atoms with Crippen molar-refractivity contribution in [2.75, 3.05) is 5.32 Å². The van der Waals surface area contributed by atoms with Gasteiger partial charge in [0.2, 0.25) is 4.96 Å². The van der Waals surface area contributed by atoms with Crippen molar-refractivity contribution in [3.63, 3.8) is 0 Å². The first-order valence-corrected chi connectivity index (χ1v) is 11.9. The number of hydrogen-bond donors (Lipinski definition) is 1. The second kappa shape index (κ2) is 9.60. The quantitative estimate of drug-likeness (QED) is 0.408. The molecule has 5 rings (SSSR count). The molecule has 0 aliphatic heterocycles. The summed E-state index contributed by atoms with van der Waals surface area (Å²) in [6.45, 7) is -0.127. The number of carbonyl (C=O) groups is 2. The van der Waals surface area contributed by atoms with E-state index in [0.717, 1.165) is 17.8 Å². The fourth-order valence-electron chi connectivity index (χ4n) is 3.97. The number of benzene rings is 1. The van der Waals surface area contributed by atoms with Crippen molar-refractivity contribution in [1.82, 2.24) is 14.6 Å². The molecular weight excluding hydrogens is 456 g/mol. The van der Waals surface area contributed by atoms with Crippen LogP contribution in [0.15, 0.2) is 57.9 Å². The summed E-state index contributed by atoms with van der Waals surface area (Å²) < 4.78 is 11.7. The monoisotopic (exact) mass is 478 g/mol. The third kappa shape index (κ3) is 4.76. The Morgan fingerprint density at radius 3 is 2.68 bits per heavy atom. The zero-order chi connectivity index (χ0) is 23.5. The zero-order valence-corrected chi connectivity index (χ0v) is 19.0. The lowest BCUT2D eigenvalue weighted by molar-refractivity contribution is 0.0467. The van der Waals surface area contributed by atoms with Gasteiger partial charge in [0.25, 0.3) is 11.5 Å². The summed E-state index contributed by atoms with van der Waals surface area (Å²) in [6.07, 6.45) is 7.20. The van der Waals surface area contributed by atoms with Gasteiger partial charge in [-0.05, 0) is 49.2 Å². The molecule has 0 unspecified atom stereocenters. The van der Waals surface area contributed by atoms with Gasteiger partial charge in [-0.2, -0.15) is 9.61 Å². The number of aromatic nitrogens is 3. The smallest absolute Gasteiger partial charge is 0.338 e. The summed E-state index contributed by atoms with van der Waals surface area (Å²) in [4.78, 5) is 42.0. The van der Waals surface area contributed by atoms with Crippen LogP contribution >= 0.6 is 11.3 Å². The molecule has 3 heterocycles. The van der Waals surface area contributed by atoms with Gasteiger partial charge in [0.1, 0.15) is 11.6 Å². The van der Waals surface area contributed by atoms with Gasteiger partial charge in [-0.25, -0.2) is 9.78 Å². The van der Waals surface area contributed by atoms with Crippen molar-refractivity contribution in [2.45, 2.75) is 44.6 Å². The van der Waals surface area contributed by atoms with Crippen LogP contribution in [0.4, 0.5) is 5.69 Å². The number of anilines is 1. The number of carbonyl (C=O) groups excluding carboxylic acids is 2. The normalized spacial score (nSPS) is 14.2. The van der Waals surface area contributed by atoms with Gasteiger partial charge in [0, 0.05) is 17.7 Å². The third-order valence-corrected chi connectivity index (χ3v) is 6.81. The maximum atomic E-state index is 12.5. The summed E-state index contributed by atoms with van der Waals surface area (Å²) in [5.74, 6) is -0.371. The highest BCUT2D eigenvalue weighted by Gasteiger charge is 2.21. The van der Waals surface area contributed by atoms with E-state index in [-0.39, 0.29) is 23.8 Å². The Kier molecular flexibility index (Phi) is 6.22. The van der Waals surface area contributed by atoms with Crippen LogP contribution < -0.4 is 10.9 Å². The van der Waals surface area contributed by atoms with Crippen molar-refractivity contribution < 1.29 is 18.7 Å². The number of hydrogen-bond acceptors (Lipinski definition) is 8. The molecule has 1 aliphatic carbocycles. The van der Waals surface area contributed by atoms with Gasteiger partial charge >= 0.3 is 5.97 Å². The molecule has 0 saturated heterocycles. The Balaban J connectivity index is 1.22. The van der Waals surface area contributed by atoms with E-state index in [1.807, 2.05) is 0 Å². The number of rotatable bonds is 6. The second-order valence-electron chi connectivity index (χ2n) is 8.14. The summed E-state index contributed by atoms with van der Waals surface area (Å²) >= 11 is 1.43. The molecule has 3 aromatic heterocycles.